The van der Waals surface area contributed by atoms with Crippen molar-refractivity contribution < 1.29 is 0 Å². The van der Waals surface area contributed by atoms with Gasteiger partial charge in [-0.1, -0.05) is 64.2 Å². The van der Waals surface area contributed by atoms with Gasteiger partial charge in [0.15, 0.2) is 0 Å². The van der Waals surface area contributed by atoms with Crippen molar-refractivity contribution in [2.24, 2.45) is 0 Å². The third-order valence-corrected chi connectivity index (χ3v) is 4.57. The zero-order valence-electron chi connectivity index (χ0n) is 15.7. The van der Waals surface area contributed by atoms with Crippen molar-refractivity contribution in [3.8, 4) is 0 Å². The van der Waals surface area contributed by atoms with Gasteiger partial charge in [-0.05, 0) is 25.7 Å². The molecule has 0 aromatic rings. The molecule has 6 heteroatoms. The summed E-state index contributed by atoms with van der Waals surface area (Å²) >= 11 is 0. The Labute approximate surface area is 149 Å². The number of rotatable bonds is 0. The first kappa shape index (κ1) is 21.8. The second-order valence-corrected chi connectivity index (χ2v) is 6.91. The predicted molar refractivity (Wildman–Crippen MR) is 103 cm³/mol. The average Bonchev–Trinajstić information content (AvgIpc) is 2.56. The Kier molecular flexibility index (Phi) is 17.3. The Morgan fingerprint density at radius 3 is 0.833 bits per heavy atom. The summed E-state index contributed by atoms with van der Waals surface area (Å²) in [5, 5.41) is 0. The summed E-state index contributed by atoms with van der Waals surface area (Å²) in [7, 11) is 0. The molecule has 0 unspecified atom stereocenters. The highest BCUT2D eigenvalue weighted by Gasteiger charge is 1.95. The Hall–Kier alpha value is -0.240. The molecule has 24 heavy (non-hydrogen) atoms. The van der Waals surface area contributed by atoms with E-state index in [1.807, 2.05) is 0 Å². The van der Waals surface area contributed by atoms with Gasteiger partial charge in [-0.15, -0.1) is 0 Å². The third-order valence-electron chi connectivity index (χ3n) is 4.57. The van der Waals surface area contributed by atoms with Crippen molar-refractivity contribution >= 4 is 0 Å². The van der Waals surface area contributed by atoms with Gasteiger partial charge < -0.3 is 0 Å². The number of hydrogen-bond acceptors (Lipinski definition) is 6. The molecule has 0 radical (unpaired) electrons. The lowest BCUT2D eigenvalue weighted by molar-refractivity contribution is 0.354. The first-order valence-corrected chi connectivity index (χ1v) is 10.4. The highest BCUT2D eigenvalue weighted by molar-refractivity contribution is 4.52. The van der Waals surface area contributed by atoms with E-state index in [-0.39, 0.29) is 0 Å². The van der Waals surface area contributed by atoms with Crippen LogP contribution in [0.1, 0.15) is 89.9 Å². The molecule has 2 aliphatic rings. The van der Waals surface area contributed by atoms with Gasteiger partial charge in [0.05, 0.1) is 0 Å². The number of nitrogens with one attached hydrogen (secondary N) is 6. The third kappa shape index (κ3) is 16.6. The van der Waals surface area contributed by atoms with E-state index in [0.717, 1.165) is 26.2 Å². The van der Waals surface area contributed by atoms with E-state index in [9.17, 15) is 0 Å². The van der Waals surface area contributed by atoms with Crippen LogP contribution in [0, 0.1) is 0 Å². The molecule has 2 fully saturated rings. The molecule has 0 aromatic carbocycles. The minimum absolute atomic E-state index is 1.04. The average molecular weight is 343 g/mol. The molecule has 0 aliphatic carbocycles. The van der Waals surface area contributed by atoms with Crippen molar-refractivity contribution in [1.82, 2.24) is 32.8 Å². The van der Waals surface area contributed by atoms with E-state index in [1.54, 1.807) is 0 Å². The summed E-state index contributed by atoms with van der Waals surface area (Å²) in [5.41, 5.74) is 18.4. The van der Waals surface area contributed by atoms with Crippen LogP contribution in [0.15, 0.2) is 0 Å². The molecule has 6 N–H and O–H groups in total. The SMILES string of the molecule is C1CCCCCNNCCCC1.C1CCCCNNNNCCC1. The predicted octanol–water partition coefficient (Wildman–Crippen LogP) is 2.66. The topological polar surface area (TPSA) is 72.2 Å². The molecular weight excluding hydrogens is 300 g/mol. The van der Waals surface area contributed by atoms with Crippen molar-refractivity contribution in [3.63, 3.8) is 0 Å². The molecule has 0 bridgehead atoms. The second kappa shape index (κ2) is 19.1. The van der Waals surface area contributed by atoms with Crippen molar-refractivity contribution in [2.45, 2.75) is 89.9 Å². The van der Waals surface area contributed by atoms with Crippen LogP contribution in [0.2, 0.25) is 0 Å². The molecule has 0 aromatic heterocycles. The highest BCUT2D eigenvalue weighted by atomic mass is 15.7. The van der Waals surface area contributed by atoms with E-state index in [1.165, 1.54) is 89.9 Å². The summed E-state index contributed by atoms with van der Waals surface area (Å²) in [6.45, 7) is 4.35. The fourth-order valence-electron chi connectivity index (χ4n) is 3.01. The molecule has 6 nitrogen and oxygen atoms in total. The molecule has 0 saturated carbocycles. The lowest BCUT2D eigenvalue weighted by Crippen LogP contribution is -2.51. The fraction of sp³-hybridized carbons (Fsp3) is 1.00. The summed E-state index contributed by atoms with van der Waals surface area (Å²) in [5.74, 6) is 0. The number of hydrazine groups is 4. The maximum atomic E-state index is 3.25. The minimum atomic E-state index is 1.04. The molecule has 2 rings (SSSR count). The lowest BCUT2D eigenvalue weighted by Gasteiger charge is -2.11. The maximum absolute atomic E-state index is 3.25. The van der Waals surface area contributed by atoms with Crippen molar-refractivity contribution in [1.29, 1.82) is 0 Å². The van der Waals surface area contributed by atoms with Crippen LogP contribution in [0.3, 0.4) is 0 Å². The van der Waals surface area contributed by atoms with Gasteiger partial charge >= 0.3 is 0 Å². The Morgan fingerprint density at radius 2 is 0.500 bits per heavy atom. The van der Waals surface area contributed by atoms with Crippen LogP contribution in [-0.4, -0.2) is 26.2 Å². The van der Waals surface area contributed by atoms with Crippen LogP contribution < -0.4 is 32.8 Å². The van der Waals surface area contributed by atoms with Gasteiger partial charge in [0.25, 0.3) is 0 Å². The van der Waals surface area contributed by atoms with Gasteiger partial charge in [0.2, 0.25) is 0 Å². The van der Waals surface area contributed by atoms with Crippen LogP contribution in [0.25, 0.3) is 0 Å². The normalized spacial score (nSPS) is 24.0. The first-order chi connectivity index (χ1) is 12.0. The molecule has 2 aliphatic heterocycles. The zero-order valence-corrected chi connectivity index (χ0v) is 15.7. The monoisotopic (exact) mass is 342 g/mol. The standard InChI is InChI=1S/C10H22N2.C8H20N4/c2*1-2-4-6-8-10-12-11-9-7-5-3-1/h11-12H,1-10H2;9-12H,1-8H2. The van der Waals surface area contributed by atoms with E-state index < -0.39 is 0 Å². The van der Waals surface area contributed by atoms with Gasteiger partial charge in [-0.25, -0.2) is 10.9 Å². The van der Waals surface area contributed by atoms with E-state index in [0.29, 0.717) is 0 Å². The summed E-state index contributed by atoms with van der Waals surface area (Å²) < 4.78 is 0. The second-order valence-electron chi connectivity index (χ2n) is 6.91. The van der Waals surface area contributed by atoms with Crippen molar-refractivity contribution in [3.05, 3.63) is 0 Å². The fourth-order valence-corrected chi connectivity index (χ4v) is 3.01. The van der Waals surface area contributed by atoms with E-state index in [4.69, 9.17) is 0 Å². The van der Waals surface area contributed by atoms with Crippen molar-refractivity contribution in [2.75, 3.05) is 26.2 Å². The smallest absolute Gasteiger partial charge is 0.0113 e. The highest BCUT2D eigenvalue weighted by Crippen LogP contribution is 2.08. The summed E-state index contributed by atoms with van der Waals surface area (Å²) in [6, 6.07) is 0. The lowest BCUT2D eigenvalue weighted by atomic mass is 10.1. The van der Waals surface area contributed by atoms with Crippen LogP contribution in [0.5, 0.6) is 0 Å². The molecule has 2 heterocycles. The van der Waals surface area contributed by atoms with Gasteiger partial charge in [0.1, 0.15) is 0 Å². The quantitative estimate of drug-likeness (QED) is 0.407. The Morgan fingerprint density at radius 1 is 0.250 bits per heavy atom. The molecule has 144 valence electrons. The van der Waals surface area contributed by atoms with Crippen LogP contribution in [-0.2, 0) is 0 Å². The molecular formula is C18H42N6. The van der Waals surface area contributed by atoms with Gasteiger partial charge in [-0.2, -0.15) is 11.1 Å². The zero-order chi connectivity index (χ0) is 17.0. The summed E-state index contributed by atoms with van der Waals surface area (Å²) in [4.78, 5) is 0. The van der Waals surface area contributed by atoms with Gasteiger partial charge in [-0.3, -0.25) is 10.9 Å². The number of hydrogen-bond donors (Lipinski definition) is 6. The summed E-state index contributed by atoms with van der Waals surface area (Å²) in [6.07, 6.45) is 19.2. The minimum Gasteiger partial charge on any atom is -0.258 e. The maximum Gasteiger partial charge on any atom is 0.0113 e. The van der Waals surface area contributed by atoms with Gasteiger partial charge in [0, 0.05) is 26.2 Å². The van der Waals surface area contributed by atoms with E-state index in [2.05, 4.69) is 32.8 Å². The van der Waals surface area contributed by atoms with Crippen LogP contribution in [0.4, 0.5) is 0 Å². The first-order valence-electron chi connectivity index (χ1n) is 10.4. The molecule has 0 amide bonds. The van der Waals surface area contributed by atoms with Crippen LogP contribution >= 0.6 is 0 Å². The molecule has 2 saturated heterocycles. The largest absolute Gasteiger partial charge is 0.258 e. The van der Waals surface area contributed by atoms with E-state index >= 15 is 0 Å². The Balaban J connectivity index is 0.000000240. The molecule has 0 spiro atoms. The Bertz CT molecular complexity index is 130. The molecule has 0 atom stereocenters.